The number of piperidine rings is 1. The van der Waals surface area contributed by atoms with Crippen molar-refractivity contribution in [3.8, 4) is 5.75 Å². The molecule has 7 nitrogen and oxygen atoms in total. The van der Waals surface area contributed by atoms with E-state index in [0.29, 0.717) is 12.4 Å². The number of likely N-dealkylation sites (tertiary alicyclic amines) is 1. The van der Waals surface area contributed by atoms with E-state index >= 15 is 0 Å². The zero-order valence-electron chi connectivity index (χ0n) is 15.6. The highest BCUT2D eigenvalue weighted by Gasteiger charge is 2.28. The van der Waals surface area contributed by atoms with E-state index in [1.165, 1.54) is 18.4 Å². The second-order valence-corrected chi connectivity index (χ2v) is 6.95. The number of hydrogen-bond acceptors (Lipinski definition) is 6. The van der Waals surface area contributed by atoms with Crippen LogP contribution in [0.5, 0.6) is 5.75 Å². The molecule has 4 rings (SSSR count). The zero-order valence-corrected chi connectivity index (χ0v) is 15.6. The first-order valence-corrected chi connectivity index (χ1v) is 9.50. The van der Waals surface area contributed by atoms with Crippen molar-refractivity contribution >= 4 is 0 Å². The molecule has 0 unspecified atom stereocenters. The van der Waals surface area contributed by atoms with E-state index in [2.05, 4.69) is 32.2 Å². The van der Waals surface area contributed by atoms with Gasteiger partial charge in [-0.2, -0.15) is 4.98 Å². The fraction of sp³-hybridized carbons (Fsp3) is 0.450. The SMILES string of the molecule is Cc1noc([C@@H]2CCCCN2Cc2ccc(OCCn3ccnc3)cc2)n1. The number of aromatic nitrogens is 4. The molecule has 0 radical (unpaired) electrons. The highest BCUT2D eigenvalue weighted by molar-refractivity contribution is 5.27. The van der Waals surface area contributed by atoms with Crippen LogP contribution in [0.4, 0.5) is 0 Å². The molecule has 2 aromatic heterocycles. The molecule has 0 spiro atoms. The third kappa shape index (κ3) is 4.54. The number of nitrogens with zero attached hydrogens (tertiary/aromatic N) is 5. The summed E-state index contributed by atoms with van der Waals surface area (Å²) in [5, 5.41) is 3.96. The van der Waals surface area contributed by atoms with Gasteiger partial charge in [0.2, 0.25) is 5.89 Å². The Bertz CT molecular complexity index is 828. The monoisotopic (exact) mass is 367 g/mol. The molecule has 3 heterocycles. The van der Waals surface area contributed by atoms with Gasteiger partial charge in [0, 0.05) is 18.9 Å². The van der Waals surface area contributed by atoms with Crippen molar-refractivity contribution in [3.05, 3.63) is 60.3 Å². The molecule has 7 heteroatoms. The lowest BCUT2D eigenvalue weighted by Gasteiger charge is -2.33. The van der Waals surface area contributed by atoms with E-state index in [4.69, 9.17) is 9.26 Å². The molecule has 1 aliphatic rings. The lowest BCUT2D eigenvalue weighted by molar-refractivity contribution is 0.111. The van der Waals surface area contributed by atoms with Gasteiger partial charge in [-0.25, -0.2) is 4.98 Å². The summed E-state index contributed by atoms with van der Waals surface area (Å²) in [7, 11) is 0. The highest BCUT2D eigenvalue weighted by Crippen LogP contribution is 2.31. The first-order chi connectivity index (χ1) is 13.3. The molecule has 1 fully saturated rings. The maximum atomic E-state index is 5.82. The van der Waals surface area contributed by atoms with E-state index in [1.54, 1.807) is 12.5 Å². The van der Waals surface area contributed by atoms with Crippen LogP contribution in [-0.4, -0.2) is 37.7 Å². The quantitative estimate of drug-likeness (QED) is 0.638. The summed E-state index contributed by atoms with van der Waals surface area (Å²) < 4.78 is 13.3. The van der Waals surface area contributed by atoms with Crippen LogP contribution < -0.4 is 4.74 Å². The fourth-order valence-electron chi connectivity index (χ4n) is 3.52. The van der Waals surface area contributed by atoms with E-state index in [1.807, 2.05) is 29.8 Å². The molecular formula is C20H25N5O2. The standard InChI is InChI=1S/C20H25N5O2/c1-16-22-20(27-23-16)19-4-2-3-10-25(19)14-17-5-7-18(8-6-17)26-13-12-24-11-9-21-15-24/h5-9,11,15,19H,2-4,10,12-14H2,1H3/t19-/m0/s1. The van der Waals surface area contributed by atoms with Gasteiger partial charge in [0.15, 0.2) is 5.82 Å². The van der Waals surface area contributed by atoms with Crippen LogP contribution in [0, 0.1) is 6.92 Å². The molecule has 0 bridgehead atoms. The van der Waals surface area contributed by atoms with Crippen molar-refractivity contribution in [3.63, 3.8) is 0 Å². The van der Waals surface area contributed by atoms with Crippen LogP contribution in [0.15, 0.2) is 47.5 Å². The molecule has 0 aliphatic carbocycles. The number of imidazole rings is 1. The van der Waals surface area contributed by atoms with Crippen LogP contribution in [0.2, 0.25) is 0 Å². The number of rotatable bonds is 7. The molecule has 1 aromatic carbocycles. The predicted octanol–water partition coefficient (Wildman–Crippen LogP) is 3.38. The third-order valence-corrected chi connectivity index (χ3v) is 4.93. The summed E-state index contributed by atoms with van der Waals surface area (Å²) in [6, 6.07) is 8.57. The zero-order chi connectivity index (χ0) is 18.5. The molecule has 0 N–H and O–H groups in total. The summed E-state index contributed by atoms with van der Waals surface area (Å²) in [5.41, 5.74) is 1.26. The topological polar surface area (TPSA) is 69.2 Å². The summed E-state index contributed by atoms with van der Waals surface area (Å²) in [6.45, 7) is 5.21. The van der Waals surface area contributed by atoms with Crippen LogP contribution in [0.1, 0.15) is 42.6 Å². The molecule has 1 atom stereocenters. The maximum Gasteiger partial charge on any atom is 0.243 e. The van der Waals surface area contributed by atoms with Crippen molar-refractivity contribution in [2.24, 2.45) is 0 Å². The van der Waals surface area contributed by atoms with Crippen LogP contribution in [0.25, 0.3) is 0 Å². The van der Waals surface area contributed by atoms with Gasteiger partial charge >= 0.3 is 0 Å². The maximum absolute atomic E-state index is 5.82. The Morgan fingerprint density at radius 2 is 2.11 bits per heavy atom. The van der Waals surface area contributed by atoms with Gasteiger partial charge in [0.05, 0.1) is 18.9 Å². The van der Waals surface area contributed by atoms with Crippen LogP contribution >= 0.6 is 0 Å². The van der Waals surface area contributed by atoms with Crippen molar-refractivity contribution in [1.82, 2.24) is 24.6 Å². The Hall–Kier alpha value is -2.67. The lowest BCUT2D eigenvalue weighted by atomic mass is 10.0. The number of aryl methyl sites for hydroxylation is 1. The Labute approximate surface area is 159 Å². The number of benzene rings is 1. The van der Waals surface area contributed by atoms with Crippen LogP contribution in [-0.2, 0) is 13.1 Å². The average Bonchev–Trinajstić information content (AvgIpc) is 3.35. The molecule has 142 valence electrons. The van der Waals surface area contributed by atoms with Gasteiger partial charge in [-0.15, -0.1) is 0 Å². The van der Waals surface area contributed by atoms with E-state index < -0.39 is 0 Å². The fourth-order valence-corrected chi connectivity index (χ4v) is 3.52. The van der Waals surface area contributed by atoms with E-state index in [-0.39, 0.29) is 6.04 Å². The minimum atomic E-state index is 0.214. The molecule has 0 amide bonds. The Kier molecular flexibility index (Phi) is 5.48. The van der Waals surface area contributed by atoms with Crippen molar-refractivity contribution in [2.45, 2.75) is 45.3 Å². The molecule has 27 heavy (non-hydrogen) atoms. The van der Waals surface area contributed by atoms with Crippen molar-refractivity contribution in [2.75, 3.05) is 13.2 Å². The minimum Gasteiger partial charge on any atom is -0.492 e. The lowest BCUT2D eigenvalue weighted by Crippen LogP contribution is -2.33. The minimum absolute atomic E-state index is 0.214. The predicted molar refractivity (Wildman–Crippen MR) is 100 cm³/mol. The normalized spacial score (nSPS) is 17.9. The number of hydrogen-bond donors (Lipinski definition) is 0. The van der Waals surface area contributed by atoms with Gasteiger partial charge in [-0.3, -0.25) is 4.90 Å². The van der Waals surface area contributed by atoms with E-state index in [9.17, 15) is 0 Å². The Morgan fingerprint density at radius 3 is 2.85 bits per heavy atom. The number of ether oxygens (including phenoxy) is 1. The summed E-state index contributed by atoms with van der Waals surface area (Å²) >= 11 is 0. The van der Waals surface area contributed by atoms with Crippen LogP contribution in [0.3, 0.4) is 0 Å². The summed E-state index contributed by atoms with van der Waals surface area (Å²) in [5.74, 6) is 2.33. The average molecular weight is 367 g/mol. The largest absolute Gasteiger partial charge is 0.492 e. The van der Waals surface area contributed by atoms with Gasteiger partial charge < -0.3 is 13.8 Å². The first-order valence-electron chi connectivity index (χ1n) is 9.50. The molecule has 1 aliphatic heterocycles. The van der Waals surface area contributed by atoms with Gasteiger partial charge in [0.1, 0.15) is 12.4 Å². The Morgan fingerprint density at radius 1 is 1.22 bits per heavy atom. The second-order valence-electron chi connectivity index (χ2n) is 6.95. The van der Waals surface area contributed by atoms with Gasteiger partial charge in [-0.05, 0) is 44.0 Å². The molecule has 0 saturated carbocycles. The second kappa shape index (κ2) is 8.35. The molecule has 1 saturated heterocycles. The van der Waals surface area contributed by atoms with Crippen molar-refractivity contribution in [1.29, 1.82) is 0 Å². The van der Waals surface area contributed by atoms with Gasteiger partial charge in [-0.1, -0.05) is 23.7 Å². The molecular weight excluding hydrogens is 342 g/mol. The molecule has 3 aromatic rings. The summed E-state index contributed by atoms with van der Waals surface area (Å²) in [4.78, 5) is 10.9. The van der Waals surface area contributed by atoms with Gasteiger partial charge in [0.25, 0.3) is 0 Å². The first kappa shape index (κ1) is 17.7. The smallest absolute Gasteiger partial charge is 0.243 e. The Balaban J connectivity index is 1.34. The third-order valence-electron chi connectivity index (χ3n) is 4.93. The van der Waals surface area contributed by atoms with Crippen molar-refractivity contribution < 1.29 is 9.26 Å². The van der Waals surface area contributed by atoms with E-state index in [0.717, 1.165) is 37.7 Å². The highest BCUT2D eigenvalue weighted by atomic mass is 16.5. The summed E-state index contributed by atoms with van der Waals surface area (Å²) in [6.07, 6.45) is 8.99.